The maximum absolute atomic E-state index is 12.0. The van der Waals surface area contributed by atoms with E-state index in [1.807, 2.05) is 6.92 Å². The van der Waals surface area contributed by atoms with E-state index in [1.54, 1.807) is 30.0 Å². The van der Waals surface area contributed by atoms with Crippen LogP contribution >= 0.6 is 11.8 Å². The van der Waals surface area contributed by atoms with Crippen LogP contribution in [0.2, 0.25) is 0 Å². The van der Waals surface area contributed by atoms with Crippen molar-refractivity contribution in [3.8, 4) is 0 Å². The van der Waals surface area contributed by atoms with Gasteiger partial charge in [0.25, 0.3) is 0 Å². The molecule has 0 aliphatic carbocycles. The molecule has 1 unspecified atom stereocenters. The van der Waals surface area contributed by atoms with Gasteiger partial charge in [0.1, 0.15) is 0 Å². The molecule has 6 heteroatoms. The monoisotopic (exact) mass is 293 g/mol. The summed E-state index contributed by atoms with van der Waals surface area (Å²) in [5.74, 6) is 0.984. The average molecular weight is 293 g/mol. The first-order valence-corrected chi connectivity index (χ1v) is 7.79. The second-order valence-corrected chi connectivity index (χ2v) is 6.14. The fraction of sp³-hybridized carbons (Fsp3) is 0.429. The van der Waals surface area contributed by atoms with Gasteiger partial charge in [0.2, 0.25) is 5.91 Å². The molecule has 0 saturated carbocycles. The summed E-state index contributed by atoms with van der Waals surface area (Å²) in [6.45, 7) is 4.05. The largest absolute Gasteiger partial charge is 0.325 e. The molecule has 1 heterocycles. The first-order valence-electron chi connectivity index (χ1n) is 6.74. The van der Waals surface area contributed by atoms with E-state index >= 15 is 0 Å². The number of benzene rings is 1. The number of fused-ring (bicyclic) bond motifs is 1. The number of hydrogen-bond donors (Lipinski definition) is 3. The Labute approximate surface area is 121 Å². The van der Waals surface area contributed by atoms with Crippen LogP contribution in [0.5, 0.6) is 0 Å². The van der Waals surface area contributed by atoms with Gasteiger partial charge in [-0.05, 0) is 37.3 Å². The van der Waals surface area contributed by atoms with E-state index in [-0.39, 0.29) is 16.8 Å². The van der Waals surface area contributed by atoms with Crippen molar-refractivity contribution < 1.29 is 4.79 Å². The standard InChI is InChI=1S/C14H19N3O2S/c1-3-4-7-20-9(2)13(18)15-10-5-6-11-12(8-10)17-14(19)16-11/h5-6,8-9H,3-4,7H2,1-2H3,(H,15,18)(H2,16,17,19). The fourth-order valence-corrected chi connectivity index (χ4v) is 2.85. The number of hydrogen-bond acceptors (Lipinski definition) is 3. The Morgan fingerprint density at radius 1 is 1.35 bits per heavy atom. The van der Waals surface area contributed by atoms with Crippen molar-refractivity contribution >= 4 is 34.4 Å². The van der Waals surface area contributed by atoms with Crippen molar-refractivity contribution in [3.05, 3.63) is 28.7 Å². The molecule has 0 aliphatic rings. The van der Waals surface area contributed by atoms with Gasteiger partial charge in [-0.25, -0.2) is 4.79 Å². The van der Waals surface area contributed by atoms with Crippen molar-refractivity contribution in [2.24, 2.45) is 0 Å². The lowest BCUT2D eigenvalue weighted by molar-refractivity contribution is -0.115. The second-order valence-electron chi connectivity index (χ2n) is 4.70. The first kappa shape index (κ1) is 14.7. The van der Waals surface area contributed by atoms with Crippen LogP contribution in [0.3, 0.4) is 0 Å². The zero-order valence-corrected chi connectivity index (χ0v) is 12.5. The van der Waals surface area contributed by atoms with E-state index in [9.17, 15) is 9.59 Å². The van der Waals surface area contributed by atoms with E-state index in [2.05, 4.69) is 22.2 Å². The lowest BCUT2D eigenvalue weighted by atomic mass is 10.2. The number of aromatic nitrogens is 2. The van der Waals surface area contributed by atoms with Crippen LogP contribution in [0.1, 0.15) is 26.7 Å². The lowest BCUT2D eigenvalue weighted by Crippen LogP contribution is -2.22. The molecule has 3 N–H and O–H groups in total. The van der Waals surface area contributed by atoms with Crippen molar-refractivity contribution in [2.45, 2.75) is 31.9 Å². The third kappa shape index (κ3) is 3.66. The Bertz CT molecular complexity index is 647. The highest BCUT2D eigenvalue weighted by atomic mass is 32.2. The smallest absolute Gasteiger partial charge is 0.323 e. The molecule has 0 saturated heterocycles. The Kier molecular flexibility index (Phi) is 4.89. The highest BCUT2D eigenvalue weighted by molar-refractivity contribution is 8.00. The zero-order chi connectivity index (χ0) is 14.5. The highest BCUT2D eigenvalue weighted by Crippen LogP contribution is 2.18. The van der Waals surface area contributed by atoms with Crippen LogP contribution in [0.4, 0.5) is 5.69 Å². The maximum Gasteiger partial charge on any atom is 0.323 e. The number of carbonyl (C=O) groups is 1. The van der Waals surface area contributed by atoms with E-state index < -0.39 is 0 Å². The van der Waals surface area contributed by atoms with E-state index in [1.165, 1.54) is 0 Å². The summed E-state index contributed by atoms with van der Waals surface area (Å²) in [5, 5.41) is 2.79. The topological polar surface area (TPSA) is 77.8 Å². The molecule has 1 amide bonds. The summed E-state index contributed by atoms with van der Waals surface area (Å²) < 4.78 is 0. The van der Waals surface area contributed by atoms with Crippen molar-refractivity contribution in [2.75, 3.05) is 11.1 Å². The molecular weight excluding hydrogens is 274 g/mol. The van der Waals surface area contributed by atoms with Gasteiger partial charge in [-0.3, -0.25) is 4.79 Å². The molecule has 2 aromatic rings. The molecule has 0 bridgehead atoms. The quantitative estimate of drug-likeness (QED) is 0.717. The van der Waals surface area contributed by atoms with Crippen LogP contribution in [0.15, 0.2) is 23.0 Å². The van der Waals surface area contributed by atoms with Gasteiger partial charge in [-0.15, -0.1) is 11.8 Å². The predicted octanol–water partition coefficient (Wildman–Crippen LogP) is 2.72. The summed E-state index contributed by atoms with van der Waals surface area (Å²) in [5.41, 5.74) is 1.88. The normalized spacial score (nSPS) is 12.5. The minimum Gasteiger partial charge on any atom is -0.325 e. The van der Waals surface area contributed by atoms with Gasteiger partial charge in [0.15, 0.2) is 0 Å². The van der Waals surface area contributed by atoms with Crippen molar-refractivity contribution in [3.63, 3.8) is 0 Å². The van der Waals surface area contributed by atoms with Gasteiger partial charge in [0, 0.05) is 5.69 Å². The molecule has 5 nitrogen and oxygen atoms in total. The molecule has 0 radical (unpaired) electrons. The van der Waals surface area contributed by atoms with Crippen LogP contribution < -0.4 is 11.0 Å². The number of aromatic amines is 2. The average Bonchev–Trinajstić information content (AvgIpc) is 2.78. The summed E-state index contributed by atoms with van der Waals surface area (Å²) in [6, 6.07) is 5.32. The summed E-state index contributed by atoms with van der Waals surface area (Å²) in [6.07, 6.45) is 2.26. The van der Waals surface area contributed by atoms with Crippen molar-refractivity contribution in [1.29, 1.82) is 0 Å². The Morgan fingerprint density at radius 2 is 2.10 bits per heavy atom. The Balaban J connectivity index is 2.00. The number of nitrogens with one attached hydrogen (secondary N) is 3. The summed E-state index contributed by atoms with van der Waals surface area (Å²) >= 11 is 1.66. The predicted molar refractivity (Wildman–Crippen MR) is 84.4 cm³/mol. The number of unbranched alkanes of at least 4 members (excludes halogenated alkanes) is 1. The molecule has 20 heavy (non-hydrogen) atoms. The SMILES string of the molecule is CCCCSC(C)C(=O)Nc1ccc2[nH]c(=O)[nH]c2c1. The summed E-state index contributed by atoms with van der Waals surface area (Å²) in [7, 11) is 0. The van der Waals surface area contributed by atoms with Gasteiger partial charge < -0.3 is 15.3 Å². The highest BCUT2D eigenvalue weighted by Gasteiger charge is 2.13. The maximum atomic E-state index is 12.0. The minimum atomic E-state index is -0.244. The van der Waals surface area contributed by atoms with Crippen molar-refractivity contribution in [1.82, 2.24) is 9.97 Å². The van der Waals surface area contributed by atoms with E-state index in [0.717, 1.165) is 24.1 Å². The number of H-pyrrole nitrogens is 2. The van der Waals surface area contributed by atoms with Gasteiger partial charge in [-0.2, -0.15) is 0 Å². The number of carbonyl (C=O) groups excluding carboxylic acids is 1. The van der Waals surface area contributed by atoms with Gasteiger partial charge in [-0.1, -0.05) is 13.3 Å². The number of amides is 1. The Morgan fingerprint density at radius 3 is 2.85 bits per heavy atom. The minimum absolute atomic E-state index is 0.0108. The molecule has 1 aromatic carbocycles. The number of anilines is 1. The second kappa shape index (κ2) is 6.65. The fourth-order valence-electron chi connectivity index (χ4n) is 1.83. The molecule has 1 atom stereocenters. The van der Waals surface area contributed by atoms with Crippen LogP contribution in [-0.4, -0.2) is 26.9 Å². The molecule has 108 valence electrons. The first-order chi connectivity index (χ1) is 9.60. The molecule has 0 fully saturated rings. The van der Waals surface area contributed by atoms with Crippen LogP contribution in [0.25, 0.3) is 11.0 Å². The van der Waals surface area contributed by atoms with Crippen LogP contribution in [0, 0.1) is 0 Å². The molecule has 0 aliphatic heterocycles. The molecule has 1 aromatic heterocycles. The molecular formula is C14H19N3O2S. The van der Waals surface area contributed by atoms with Gasteiger partial charge in [0.05, 0.1) is 16.3 Å². The molecule has 2 rings (SSSR count). The van der Waals surface area contributed by atoms with E-state index in [4.69, 9.17) is 0 Å². The Hall–Kier alpha value is -1.69. The molecule has 0 spiro atoms. The van der Waals surface area contributed by atoms with Crippen LogP contribution in [-0.2, 0) is 4.79 Å². The lowest BCUT2D eigenvalue weighted by Gasteiger charge is -2.11. The third-order valence-corrected chi connectivity index (χ3v) is 4.26. The number of rotatable bonds is 6. The third-order valence-electron chi connectivity index (χ3n) is 3.02. The number of imidazole rings is 1. The zero-order valence-electron chi connectivity index (χ0n) is 11.7. The summed E-state index contributed by atoms with van der Waals surface area (Å²) in [4.78, 5) is 28.6. The van der Waals surface area contributed by atoms with E-state index in [0.29, 0.717) is 11.2 Å². The van der Waals surface area contributed by atoms with Gasteiger partial charge >= 0.3 is 5.69 Å². The number of thioether (sulfide) groups is 1.